The summed E-state index contributed by atoms with van der Waals surface area (Å²) in [5.74, 6) is 1.30. The van der Waals surface area contributed by atoms with Gasteiger partial charge in [0.15, 0.2) is 0 Å². The van der Waals surface area contributed by atoms with Crippen LogP contribution in [0.2, 0.25) is 0 Å². The van der Waals surface area contributed by atoms with E-state index in [1.54, 1.807) is 0 Å². The van der Waals surface area contributed by atoms with Gasteiger partial charge in [0.25, 0.3) is 0 Å². The summed E-state index contributed by atoms with van der Waals surface area (Å²) in [4.78, 5) is 59.6. The van der Waals surface area contributed by atoms with Gasteiger partial charge in [0.1, 0.15) is 28.0 Å². The molecule has 3 saturated carbocycles. The molecule has 0 aromatic heterocycles. The van der Waals surface area contributed by atoms with Gasteiger partial charge in [-0.2, -0.15) is 0 Å². The Morgan fingerprint density at radius 1 is 0.289 bits per heavy atom. The van der Waals surface area contributed by atoms with E-state index in [1.165, 1.54) is 89.9 Å². The average molecular weight is 1080 g/mol. The third-order valence-corrected chi connectivity index (χ3v) is 17.9. The maximum atomic E-state index is 12.3. The van der Waals surface area contributed by atoms with Crippen molar-refractivity contribution in [3.63, 3.8) is 0 Å². The van der Waals surface area contributed by atoms with Gasteiger partial charge in [-0.3, -0.25) is 24.0 Å². The molecule has 3 aliphatic carbocycles. The van der Waals surface area contributed by atoms with Gasteiger partial charge >= 0.3 is 29.8 Å². The third-order valence-electron chi connectivity index (χ3n) is 17.9. The number of carbonyl (C=O) groups is 5. The van der Waals surface area contributed by atoms with E-state index in [9.17, 15) is 24.0 Å². The van der Waals surface area contributed by atoms with Crippen LogP contribution in [0.1, 0.15) is 322 Å². The van der Waals surface area contributed by atoms with Crippen LogP contribution in [0, 0.1) is 44.8 Å². The van der Waals surface area contributed by atoms with Crippen LogP contribution < -0.4 is 0 Å². The molecule has 0 saturated heterocycles. The highest BCUT2D eigenvalue weighted by Gasteiger charge is 2.42. The monoisotopic (exact) mass is 1080 g/mol. The lowest BCUT2D eigenvalue weighted by atomic mass is 9.76. The summed E-state index contributed by atoms with van der Waals surface area (Å²) < 4.78 is 28.1. The Kier molecular flexibility index (Phi) is 31.7. The topological polar surface area (TPSA) is 132 Å². The summed E-state index contributed by atoms with van der Waals surface area (Å²) in [7, 11) is 0. The Bertz CT molecular complexity index is 1700. The molecule has 0 radical (unpaired) electrons. The Labute approximate surface area is 470 Å². The lowest BCUT2D eigenvalue weighted by Crippen LogP contribution is -2.43. The van der Waals surface area contributed by atoms with Gasteiger partial charge in [-0.25, -0.2) is 0 Å². The first kappa shape index (κ1) is 75.4. The van der Waals surface area contributed by atoms with Crippen LogP contribution in [0.15, 0.2) is 0 Å². The quantitative estimate of drug-likeness (QED) is 0.0910. The van der Waals surface area contributed by atoms with Crippen molar-refractivity contribution in [3.05, 3.63) is 0 Å². The highest BCUT2D eigenvalue weighted by molar-refractivity contribution is 5.78. The zero-order valence-corrected chi connectivity index (χ0v) is 55.2. The number of esters is 5. The second kappa shape index (κ2) is 32.0. The van der Waals surface area contributed by atoms with Crippen molar-refractivity contribution in [3.8, 4) is 0 Å². The molecule has 0 aromatic carbocycles. The number of rotatable bonds is 19. The van der Waals surface area contributed by atoms with Crippen molar-refractivity contribution in [1.29, 1.82) is 0 Å². The summed E-state index contributed by atoms with van der Waals surface area (Å²) in [6.07, 6.45) is 23.5. The van der Waals surface area contributed by atoms with Crippen LogP contribution in [0.3, 0.4) is 0 Å². The molecule has 1 unspecified atom stereocenters. The lowest BCUT2D eigenvalue weighted by Gasteiger charge is -2.40. The van der Waals surface area contributed by atoms with Gasteiger partial charge in [0.05, 0.1) is 27.1 Å². The predicted molar refractivity (Wildman–Crippen MR) is 317 cm³/mol. The van der Waals surface area contributed by atoms with E-state index in [4.69, 9.17) is 23.7 Å². The zero-order valence-electron chi connectivity index (χ0n) is 55.2. The summed E-state index contributed by atoms with van der Waals surface area (Å²) in [5.41, 5.74) is -3.33. The normalized spacial score (nSPS) is 17.5. The Morgan fingerprint density at radius 2 is 0.526 bits per heavy atom. The molecular weight excluding hydrogens is 953 g/mol. The minimum absolute atomic E-state index is 0.0278. The van der Waals surface area contributed by atoms with Gasteiger partial charge in [0.2, 0.25) is 0 Å². The summed E-state index contributed by atoms with van der Waals surface area (Å²) in [6, 6.07) is 0. The van der Waals surface area contributed by atoms with E-state index in [1.807, 2.05) is 145 Å². The molecule has 3 rings (SSSR count). The maximum absolute atomic E-state index is 12.3. The standard InChI is InChI=1S/C16H30O2.C15H28O2.C14H26O2.C11H22O2.C10H20O2/c1-6-15(3,4)14(17)18-16(5,7-2)13-11-9-8-10-12-13;1-6-14(2,3)13(16)17-15(4,5)12-10-8-7-9-11-12;1-6-13(2,3)12(15)16-14(4,5)11-9-7-8-10-11;1-7-10(3,4)9(12)13-11(5,6)8-2;1-7-10(5,6)8(11)12-9(2,3)4/h13H,6-12H2,1-5H3;12H,6-11H2,1-5H3;11H,6-10H2,1-5H3;7-8H2,1-6H3;7H2,1-6H3. The van der Waals surface area contributed by atoms with Crippen molar-refractivity contribution >= 4 is 29.8 Å². The van der Waals surface area contributed by atoms with Gasteiger partial charge in [-0.1, -0.05) is 99.8 Å². The smallest absolute Gasteiger partial charge is 0.312 e. The van der Waals surface area contributed by atoms with Crippen LogP contribution in [-0.4, -0.2) is 57.9 Å². The molecule has 0 aromatic rings. The fourth-order valence-electron chi connectivity index (χ4n) is 8.45. The van der Waals surface area contributed by atoms with Crippen LogP contribution in [0.4, 0.5) is 0 Å². The molecule has 0 spiro atoms. The second-order valence-corrected chi connectivity index (χ2v) is 28.9. The molecule has 0 heterocycles. The number of hydrogen-bond donors (Lipinski definition) is 0. The number of hydrogen-bond acceptors (Lipinski definition) is 10. The van der Waals surface area contributed by atoms with E-state index in [2.05, 4.69) is 41.5 Å². The highest BCUT2D eigenvalue weighted by Crippen LogP contribution is 2.41. The summed E-state index contributed by atoms with van der Waals surface area (Å²) >= 11 is 0. The van der Waals surface area contributed by atoms with Crippen LogP contribution in [0.25, 0.3) is 0 Å². The SMILES string of the molecule is CCC(C)(C)C(=O)OC(C)(C)C.CCC(C)(C)C(=O)OC(C)(C)C1CCCC1.CCC(C)(C)C(=O)OC(C)(C)C1CCCCC1.CCC(C)(C)C(=O)OC(C)(CC)C1CCCCC1.CCC(C)(C)OC(=O)C(C)(C)CC. The minimum atomic E-state index is -0.372. The highest BCUT2D eigenvalue weighted by atomic mass is 16.6. The second-order valence-electron chi connectivity index (χ2n) is 28.9. The maximum Gasteiger partial charge on any atom is 0.312 e. The molecular formula is C66H126O10. The van der Waals surface area contributed by atoms with E-state index >= 15 is 0 Å². The van der Waals surface area contributed by atoms with Crippen molar-refractivity contribution in [1.82, 2.24) is 0 Å². The largest absolute Gasteiger partial charge is 0.460 e. The molecule has 10 heteroatoms. The van der Waals surface area contributed by atoms with Gasteiger partial charge in [-0.15, -0.1) is 0 Å². The minimum Gasteiger partial charge on any atom is -0.460 e. The van der Waals surface area contributed by atoms with E-state index < -0.39 is 0 Å². The molecule has 450 valence electrons. The summed E-state index contributed by atoms with van der Waals surface area (Å²) in [6.45, 7) is 53.7. The lowest BCUT2D eigenvalue weighted by molar-refractivity contribution is -0.177. The molecule has 0 bridgehead atoms. The first-order valence-corrected chi connectivity index (χ1v) is 30.6. The van der Waals surface area contributed by atoms with Crippen LogP contribution in [0.5, 0.6) is 0 Å². The molecule has 3 fully saturated rings. The molecule has 0 N–H and O–H groups in total. The molecule has 3 aliphatic rings. The Balaban J connectivity index is 0. The first-order chi connectivity index (χ1) is 34.4. The van der Waals surface area contributed by atoms with E-state index in [0.717, 1.165) is 44.9 Å². The first-order valence-electron chi connectivity index (χ1n) is 30.6. The fraction of sp³-hybridized carbons (Fsp3) is 0.924. The van der Waals surface area contributed by atoms with Crippen molar-refractivity contribution in [2.24, 2.45) is 44.8 Å². The Hall–Kier alpha value is -2.65. The summed E-state index contributed by atoms with van der Waals surface area (Å²) in [5, 5.41) is 0. The molecule has 0 aliphatic heterocycles. The number of carbonyl (C=O) groups excluding carboxylic acids is 5. The third kappa shape index (κ3) is 27.0. The van der Waals surface area contributed by atoms with E-state index in [0.29, 0.717) is 17.8 Å². The van der Waals surface area contributed by atoms with Crippen molar-refractivity contribution < 1.29 is 47.7 Å². The van der Waals surface area contributed by atoms with E-state index in [-0.39, 0.29) is 84.9 Å². The average Bonchev–Trinajstić information content (AvgIpc) is 3.91. The van der Waals surface area contributed by atoms with Gasteiger partial charge < -0.3 is 23.7 Å². The van der Waals surface area contributed by atoms with Gasteiger partial charge in [-0.05, 0) is 240 Å². The van der Waals surface area contributed by atoms with Crippen molar-refractivity contribution in [2.75, 3.05) is 0 Å². The molecule has 0 amide bonds. The molecule has 1 atom stereocenters. The van der Waals surface area contributed by atoms with Crippen LogP contribution >= 0.6 is 0 Å². The predicted octanol–water partition coefficient (Wildman–Crippen LogP) is 18.9. The van der Waals surface area contributed by atoms with Crippen LogP contribution in [-0.2, 0) is 47.7 Å². The molecule has 76 heavy (non-hydrogen) atoms. The Morgan fingerprint density at radius 3 is 0.776 bits per heavy atom. The number of ether oxygens (including phenoxy) is 5. The van der Waals surface area contributed by atoms with Crippen molar-refractivity contribution in [2.45, 2.75) is 350 Å². The van der Waals surface area contributed by atoms with Gasteiger partial charge in [0, 0.05) is 0 Å². The zero-order chi connectivity index (χ0) is 60.0. The molecule has 10 nitrogen and oxygen atoms in total. The fourth-order valence-corrected chi connectivity index (χ4v) is 8.45.